The third kappa shape index (κ3) is 7.38. The molecule has 0 radical (unpaired) electrons. The zero-order valence-electron chi connectivity index (χ0n) is 23.6. The Bertz CT molecular complexity index is 1460. The van der Waals surface area contributed by atoms with Gasteiger partial charge in [0.2, 0.25) is 11.8 Å². The van der Waals surface area contributed by atoms with Crippen LogP contribution in [0.2, 0.25) is 0 Å². The number of hydrogen-bond donors (Lipinski definition) is 1. The highest BCUT2D eigenvalue weighted by Crippen LogP contribution is 2.33. The van der Waals surface area contributed by atoms with Crippen molar-refractivity contribution < 1.29 is 27.1 Å². The van der Waals surface area contributed by atoms with Gasteiger partial charge < -0.3 is 15.0 Å². The van der Waals surface area contributed by atoms with E-state index in [1.165, 1.54) is 49.3 Å². The molecule has 1 N–H and O–H groups in total. The Labute approximate surface area is 235 Å². The lowest BCUT2D eigenvalue weighted by Crippen LogP contribution is -2.54. The fraction of sp³-hybridized carbons (Fsp3) is 0.333. The molecule has 1 atom stereocenters. The average molecular weight is 570 g/mol. The number of benzene rings is 3. The van der Waals surface area contributed by atoms with Gasteiger partial charge in [-0.15, -0.1) is 0 Å². The molecule has 0 aromatic heterocycles. The van der Waals surface area contributed by atoms with Crippen molar-refractivity contribution in [3.8, 4) is 5.75 Å². The van der Waals surface area contributed by atoms with Gasteiger partial charge in [0.25, 0.3) is 10.0 Å². The van der Waals surface area contributed by atoms with E-state index in [0.29, 0.717) is 0 Å². The smallest absolute Gasteiger partial charge is 0.264 e. The Morgan fingerprint density at radius 2 is 1.62 bits per heavy atom. The quantitative estimate of drug-likeness (QED) is 0.383. The molecule has 10 heteroatoms. The lowest BCUT2D eigenvalue weighted by atomic mass is 10.1. The highest BCUT2D eigenvalue weighted by atomic mass is 32.2. The Hall–Kier alpha value is -3.92. The number of nitrogens with zero attached hydrogens (tertiary/aromatic N) is 2. The first-order valence-electron chi connectivity index (χ1n) is 12.8. The van der Waals surface area contributed by atoms with Gasteiger partial charge in [-0.1, -0.05) is 42.5 Å². The van der Waals surface area contributed by atoms with Crippen LogP contribution >= 0.6 is 0 Å². The van der Waals surface area contributed by atoms with Crippen molar-refractivity contribution in [3.63, 3.8) is 0 Å². The molecule has 0 saturated carbocycles. The number of aryl methyl sites for hydroxylation is 1. The number of halogens is 1. The Morgan fingerprint density at radius 1 is 1.00 bits per heavy atom. The molecule has 0 aliphatic rings. The molecule has 0 heterocycles. The number of carbonyl (C=O) groups is 2. The fourth-order valence-electron chi connectivity index (χ4n) is 4.09. The number of methoxy groups -OCH3 is 1. The summed E-state index contributed by atoms with van der Waals surface area (Å²) in [5, 5.41) is 2.84. The van der Waals surface area contributed by atoms with Crippen molar-refractivity contribution in [2.24, 2.45) is 0 Å². The summed E-state index contributed by atoms with van der Waals surface area (Å²) in [5.74, 6) is -1.44. The highest BCUT2D eigenvalue weighted by molar-refractivity contribution is 7.92. The number of amides is 2. The summed E-state index contributed by atoms with van der Waals surface area (Å²) in [7, 11) is -2.85. The zero-order valence-corrected chi connectivity index (χ0v) is 24.5. The van der Waals surface area contributed by atoms with E-state index in [9.17, 15) is 22.4 Å². The minimum atomic E-state index is -4.26. The molecule has 0 aliphatic heterocycles. The van der Waals surface area contributed by atoms with Crippen molar-refractivity contribution in [2.75, 3.05) is 18.0 Å². The van der Waals surface area contributed by atoms with Crippen LogP contribution in [0.4, 0.5) is 10.1 Å². The summed E-state index contributed by atoms with van der Waals surface area (Å²) in [5.41, 5.74) is 0.516. The van der Waals surface area contributed by atoms with Crippen LogP contribution in [0.25, 0.3) is 0 Å². The first kappa shape index (κ1) is 30.6. The van der Waals surface area contributed by atoms with Crippen LogP contribution in [0.3, 0.4) is 0 Å². The maximum Gasteiger partial charge on any atom is 0.264 e. The Balaban J connectivity index is 2.11. The number of anilines is 1. The van der Waals surface area contributed by atoms with Crippen molar-refractivity contribution in [1.29, 1.82) is 0 Å². The minimum Gasteiger partial charge on any atom is -0.495 e. The molecular formula is C30H36FN3O5S. The molecule has 3 aromatic carbocycles. The monoisotopic (exact) mass is 569 g/mol. The van der Waals surface area contributed by atoms with Gasteiger partial charge in [0.1, 0.15) is 24.2 Å². The predicted molar refractivity (Wildman–Crippen MR) is 153 cm³/mol. The van der Waals surface area contributed by atoms with Gasteiger partial charge in [-0.2, -0.15) is 0 Å². The van der Waals surface area contributed by atoms with Crippen LogP contribution in [0, 0.1) is 12.7 Å². The summed E-state index contributed by atoms with van der Waals surface area (Å²) in [6, 6.07) is 17.6. The van der Waals surface area contributed by atoms with Crippen LogP contribution in [0.15, 0.2) is 77.7 Å². The second-order valence-corrected chi connectivity index (χ2v) is 12.4. The molecular weight excluding hydrogens is 533 g/mol. The molecule has 0 spiro atoms. The van der Waals surface area contributed by atoms with E-state index >= 15 is 0 Å². The maximum atomic E-state index is 14.7. The van der Waals surface area contributed by atoms with E-state index in [1.54, 1.807) is 70.2 Å². The molecule has 40 heavy (non-hydrogen) atoms. The molecule has 3 aromatic rings. The van der Waals surface area contributed by atoms with Crippen LogP contribution in [0.1, 0.15) is 38.8 Å². The first-order chi connectivity index (χ1) is 18.7. The van der Waals surface area contributed by atoms with Crippen molar-refractivity contribution >= 4 is 27.5 Å². The van der Waals surface area contributed by atoms with E-state index in [1.807, 2.05) is 0 Å². The molecule has 8 nitrogen and oxygen atoms in total. The predicted octanol–water partition coefficient (Wildman–Crippen LogP) is 4.67. The van der Waals surface area contributed by atoms with Gasteiger partial charge in [-0.05, 0) is 70.5 Å². The van der Waals surface area contributed by atoms with Crippen molar-refractivity contribution in [2.45, 2.75) is 57.6 Å². The fourth-order valence-corrected chi connectivity index (χ4v) is 5.53. The SMILES string of the molecule is COc1ccc(C)cc1N(CC(=O)N(Cc1ccccc1F)C(C)C(=O)NC(C)(C)C)S(=O)(=O)c1ccccc1. The zero-order chi connectivity index (χ0) is 29.7. The van der Waals surface area contributed by atoms with Gasteiger partial charge in [0.15, 0.2) is 0 Å². The molecule has 214 valence electrons. The average Bonchev–Trinajstić information content (AvgIpc) is 2.90. The largest absolute Gasteiger partial charge is 0.495 e. The second-order valence-electron chi connectivity index (χ2n) is 10.5. The van der Waals surface area contributed by atoms with Crippen LogP contribution in [-0.2, 0) is 26.2 Å². The van der Waals surface area contributed by atoms with Gasteiger partial charge >= 0.3 is 0 Å². The number of sulfonamides is 1. The molecule has 2 amide bonds. The number of hydrogen-bond acceptors (Lipinski definition) is 5. The number of rotatable bonds is 10. The molecule has 1 unspecified atom stereocenters. The molecule has 0 saturated heterocycles. The summed E-state index contributed by atoms with van der Waals surface area (Å²) < 4.78 is 49.0. The third-order valence-corrected chi connectivity index (χ3v) is 7.95. The van der Waals surface area contributed by atoms with Gasteiger partial charge in [-0.3, -0.25) is 13.9 Å². The van der Waals surface area contributed by atoms with Crippen molar-refractivity contribution in [3.05, 3.63) is 89.7 Å². The minimum absolute atomic E-state index is 0.0227. The standard InChI is InChI=1S/C30H36FN3O5S/c1-21-16-17-27(39-6)26(18-21)34(40(37,38)24-13-8-7-9-14-24)20-28(35)33(19-23-12-10-11-15-25(23)31)22(2)29(36)32-30(3,4)5/h7-18,22H,19-20H2,1-6H3,(H,32,36). The van der Waals surface area contributed by atoms with E-state index in [4.69, 9.17) is 4.74 Å². The Kier molecular flexibility index (Phi) is 9.57. The summed E-state index contributed by atoms with van der Waals surface area (Å²) in [4.78, 5) is 28.3. The normalized spacial score (nSPS) is 12.4. The Morgan fingerprint density at radius 3 is 2.23 bits per heavy atom. The lowest BCUT2D eigenvalue weighted by molar-refractivity contribution is -0.140. The third-order valence-electron chi connectivity index (χ3n) is 6.18. The first-order valence-corrected chi connectivity index (χ1v) is 14.3. The van der Waals surface area contributed by atoms with E-state index in [-0.39, 0.29) is 28.4 Å². The van der Waals surface area contributed by atoms with Crippen LogP contribution in [-0.4, -0.2) is 50.4 Å². The van der Waals surface area contributed by atoms with E-state index in [2.05, 4.69) is 5.32 Å². The summed E-state index contributed by atoms with van der Waals surface area (Å²) >= 11 is 0. The van der Waals surface area contributed by atoms with Gasteiger partial charge in [-0.25, -0.2) is 12.8 Å². The second kappa shape index (κ2) is 12.5. The lowest BCUT2D eigenvalue weighted by Gasteiger charge is -2.34. The van der Waals surface area contributed by atoms with Crippen LogP contribution < -0.4 is 14.4 Å². The number of carbonyl (C=O) groups excluding carboxylic acids is 2. The van der Waals surface area contributed by atoms with E-state index in [0.717, 1.165) is 9.87 Å². The number of nitrogens with one attached hydrogen (secondary N) is 1. The molecule has 0 aliphatic carbocycles. The topological polar surface area (TPSA) is 96.0 Å². The molecule has 0 fully saturated rings. The highest BCUT2D eigenvalue weighted by Gasteiger charge is 2.34. The summed E-state index contributed by atoms with van der Waals surface area (Å²) in [6.07, 6.45) is 0. The molecule has 0 bridgehead atoms. The number of ether oxygens (including phenoxy) is 1. The van der Waals surface area contributed by atoms with Crippen molar-refractivity contribution in [1.82, 2.24) is 10.2 Å². The van der Waals surface area contributed by atoms with Gasteiger partial charge in [0, 0.05) is 17.6 Å². The van der Waals surface area contributed by atoms with Gasteiger partial charge in [0.05, 0.1) is 17.7 Å². The molecule has 3 rings (SSSR count). The van der Waals surface area contributed by atoms with E-state index < -0.39 is 45.8 Å². The van der Waals surface area contributed by atoms with Crippen LogP contribution in [0.5, 0.6) is 5.75 Å². The maximum absolute atomic E-state index is 14.7. The summed E-state index contributed by atoms with van der Waals surface area (Å²) in [6.45, 7) is 7.84.